The lowest BCUT2D eigenvalue weighted by atomic mass is 10.3. The molecule has 3 nitrogen and oxygen atoms in total. The second-order valence-electron chi connectivity index (χ2n) is 4.40. The van der Waals surface area contributed by atoms with E-state index in [1.807, 2.05) is 22.2 Å². The molecule has 0 radical (unpaired) electrons. The molecule has 0 saturated heterocycles. The van der Waals surface area contributed by atoms with E-state index >= 15 is 0 Å². The number of nitrogens with one attached hydrogen (secondary N) is 1. The van der Waals surface area contributed by atoms with Crippen LogP contribution in [-0.4, -0.2) is 16.3 Å². The van der Waals surface area contributed by atoms with Crippen LogP contribution in [0.15, 0.2) is 24.5 Å². The smallest absolute Gasteiger partial charge is 0.0534 e. The molecule has 0 amide bonds. The largest absolute Gasteiger partial charge is 0.308 e. The first kappa shape index (κ1) is 12.3. The normalized spacial score (nSPS) is 12.9. The van der Waals surface area contributed by atoms with Gasteiger partial charge in [-0.3, -0.25) is 4.68 Å². The van der Waals surface area contributed by atoms with Gasteiger partial charge >= 0.3 is 0 Å². The van der Waals surface area contributed by atoms with Crippen LogP contribution < -0.4 is 5.32 Å². The lowest BCUT2D eigenvalue weighted by molar-refractivity contribution is 0.511. The minimum Gasteiger partial charge on any atom is -0.308 e. The molecular weight excluding hydrogens is 230 g/mol. The third-order valence-corrected chi connectivity index (χ3v) is 3.93. The molecule has 0 bridgehead atoms. The summed E-state index contributed by atoms with van der Waals surface area (Å²) in [5.74, 6) is 0. The Morgan fingerprint density at radius 2 is 2.24 bits per heavy atom. The Labute approximate surface area is 106 Å². The molecule has 0 aliphatic carbocycles. The van der Waals surface area contributed by atoms with Crippen molar-refractivity contribution in [2.75, 3.05) is 6.54 Å². The van der Waals surface area contributed by atoms with E-state index in [1.165, 1.54) is 15.3 Å². The number of hydrogen-bond donors (Lipinski definition) is 1. The van der Waals surface area contributed by atoms with Gasteiger partial charge in [0.15, 0.2) is 0 Å². The van der Waals surface area contributed by atoms with Crippen molar-refractivity contribution in [1.82, 2.24) is 15.1 Å². The monoisotopic (exact) mass is 249 g/mol. The van der Waals surface area contributed by atoms with E-state index in [4.69, 9.17) is 0 Å². The molecule has 2 aromatic heterocycles. The van der Waals surface area contributed by atoms with E-state index < -0.39 is 0 Å². The Kier molecular flexibility index (Phi) is 3.97. The van der Waals surface area contributed by atoms with Crippen molar-refractivity contribution in [1.29, 1.82) is 0 Å². The maximum Gasteiger partial charge on any atom is 0.0534 e. The molecule has 1 atom stereocenters. The minimum atomic E-state index is 0.422. The number of hydrogen-bond acceptors (Lipinski definition) is 3. The molecule has 2 rings (SSSR count). The van der Waals surface area contributed by atoms with Crippen molar-refractivity contribution in [2.45, 2.75) is 33.4 Å². The third-order valence-electron chi connectivity index (χ3n) is 2.74. The highest BCUT2D eigenvalue weighted by Gasteiger charge is 2.06. The number of aryl methyl sites for hydroxylation is 2. The Balaban J connectivity index is 1.78. The average molecular weight is 249 g/mol. The van der Waals surface area contributed by atoms with Crippen molar-refractivity contribution in [3.63, 3.8) is 0 Å². The highest BCUT2D eigenvalue weighted by atomic mass is 32.1. The molecule has 1 unspecified atom stereocenters. The molecule has 0 aliphatic rings. The van der Waals surface area contributed by atoms with Gasteiger partial charge in [0.1, 0.15) is 0 Å². The van der Waals surface area contributed by atoms with Gasteiger partial charge in [-0.1, -0.05) is 0 Å². The third kappa shape index (κ3) is 3.41. The van der Waals surface area contributed by atoms with Crippen molar-refractivity contribution in [3.8, 4) is 0 Å². The van der Waals surface area contributed by atoms with Crippen LogP contribution in [0.2, 0.25) is 0 Å². The van der Waals surface area contributed by atoms with Crippen LogP contribution in [0.3, 0.4) is 0 Å². The summed E-state index contributed by atoms with van der Waals surface area (Å²) in [6.45, 7) is 8.28. The van der Waals surface area contributed by atoms with Gasteiger partial charge in [0.05, 0.1) is 12.7 Å². The average Bonchev–Trinajstić information content (AvgIpc) is 2.88. The zero-order valence-electron chi connectivity index (χ0n) is 10.6. The molecule has 17 heavy (non-hydrogen) atoms. The van der Waals surface area contributed by atoms with Crippen molar-refractivity contribution < 1.29 is 0 Å². The van der Waals surface area contributed by atoms with E-state index in [-0.39, 0.29) is 0 Å². The van der Waals surface area contributed by atoms with Crippen LogP contribution in [0.1, 0.15) is 28.3 Å². The fourth-order valence-corrected chi connectivity index (χ4v) is 2.68. The maximum absolute atomic E-state index is 4.27. The van der Waals surface area contributed by atoms with E-state index in [1.54, 1.807) is 0 Å². The van der Waals surface area contributed by atoms with Gasteiger partial charge in [0.25, 0.3) is 0 Å². The molecule has 0 aliphatic heterocycles. The lowest BCUT2D eigenvalue weighted by Crippen LogP contribution is -2.22. The Bertz CT molecular complexity index is 472. The second-order valence-corrected chi connectivity index (χ2v) is 5.72. The highest BCUT2D eigenvalue weighted by molar-refractivity contribution is 7.12. The van der Waals surface area contributed by atoms with Crippen LogP contribution in [0, 0.1) is 13.8 Å². The van der Waals surface area contributed by atoms with Crippen LogP contribution in [0.5, 0.6) is 0 Å². The summed E-state index contributed by atoms with van der Waals surface area (Å²) in [6.07, 6.45) is 3.97. The predicted octanol–water partition coefficient (Wildman–Crippen LogP) is 2.91. The van der Waals surface area contributed by atoms with Gasteiger partial charge in [-0.2, -0.15) is 5.10 Å². The van der Waals surface area contributed by atoms with E-state index in [2.05, 4.69) is 49.5 Å². The summed E-state index contributed by atoms with van der Waals surface area (Å²) in [4.78, 5) is 2.77. The molecule has 0 aromatic carbocycles. The number of thiophene rings is 1. The summed E-state index contributed by atoms with van der Waals surface area (Å²) in [7, 11) is 0. The van der Waals surface area contributed by atoms with E-state index in [0.29, 0.717) is 6.04 Å². The summed E-state index contributed by atoms with van der Waals surface area (Å²) in [5.41, 5.74) is 1.21. The predicted molar refractivity (Wildman–Crippen MR) is 72.4 cm³/mol. The van der Waals surface area contributed by atoms with E-state index in [0.717, 1.165) is 13.1 Å². The van der Waals surface area contributed by atoms with Gasteiger partial charge in [-0.25, -0.2) is 0 Å². The number of rotatable bonds is 5. The van der Waals surface area contributed by atoms with Gasteiger partial charge in [-0.05, 0) is 38.5 Å². The van der Waals surface area contributed by atoms with Gasteiger partial charge in [0, 0.05) is 28.5 Å². The van der Waals surface area contributed by atoms with Gasteiger partial charge in [-0.15, -0.1) is 11.3 Å². The molecule has 2 heterocycles. The maximum atomic E-state index is 4.27. The Morgan fingerprint density at radius 3 is 2.82 bits per heavy atom. The summed E-state index contributed by atoms with van der Waals surface area (Å²) in [6, 6.07) is 4.80. The summed E-state index contributed by atoms with van der Waals surface area (Å²) < 4.78 is 1.98. The standard InChI is InChI=1S/C13H19N3S/c1-10-8-15-16(9-10)7-6-14-12(3)13-5-4-11(2)17-13/h4-5,8-9,12,14H,6-7H2,1-3H3. The van der Waals surface area contributed by atoms with Gasteiger partial charge < -0.3 is 5.32 Å². The Morgan fingerprint density at radius 1 is 1.41 bits per heavy atom. The zero-order chi connectivity index (χ0) is 12.3. The number of nitrogens with zero attached hydrogens (tertiary/aromatic N) is 2. The fourth-order valence-electron chi connectivity index (χ4n) is 1.77. The van der Waals surface area contributed by atoms with Crippen LogP contribution in [-0.2, 0) is 6.54 Å². The number of aromatic nitrogens is 2. The second kappa shape index (κ2) is 5.47. The molecule has 2 aromatic rings. The zero-order valence-corrected chi connectivity index (χ0v) is 11.4. The molecule has 92 valence electrons. The molecular formula is C13H19N3S. The molecule has 1 N–H and O–H groups in total. The fraction of sp³-hybridized carbons (Fsp3) is 0.462. The van der Waals surface area contributed by atoms with Crippen molar-refractivity contribution in [2.24, 2.45) is 0 Å². The van der Waals surface area contributed by atoms with Crippen molar-refractivity contribution >= 4 is 11.3 Å². The quantitative estimate of drug-likeness (QED) is 0.883. The highest BCUT2D eigenvalue weighted by Crippen LogP contribution is 2.21. The van der Waals surface area contributed by atoms with Crippen LogP contribution >= 0.6 is 11.3 Å². The van der Waals surface area contributed by atoms with Crippen LogP contribution in [0.25, 0.3) is 0 Å². The van der Waals surface area contributed by atoms with Crippen molar-refractivity contribution in [3.05, 3.63) is 39.8 Å². The molecule has 0 spiro atoms. The minimum absolute atomic E-state index is 0.422. The molecule has 0 fully saturated rings. The van der Waals surface area contributed by atoms with E-state index in [9.17, 15) is 0 Å². The summed E-state index contributed by atoms with van der Waals surface area (Å²) in [5, 5.41) is 7.79. The first-order chi connectivity index (χ1) is 8.15. The van der Waals surface area contributed by atoms with Gasteiger partial charge in [0.2, 0.25) is 0 Å². The summed E-state index contributed by atoms with van der Waals surface area (Å²) >= 11 is 1.86. The first-order valence-corrected chi connectivity index (χ1v) is 6.75. The first-order valence-electron chi connectivity index (χ1n) is 5.94. The van der Waals surface area contributed by atoms with Crippen LogP contribution in [0.4, 0.5) is 0 Å². The molecule has 4 heteroatoms. The SMILES string of the molecule is Cc1cnn(CCNC(C)c2ccc(C)s2)c1. The Hall–Kier alpha value is -1.13. The topological polar surface area (TPSA) is 29.9 Å². The lowest BCUT2D eigenvalue weighted by Gasteiger charge is -2.11. The molecule has 0 saturated carbocycles.